The van der Waals surface area contributed by atoms with E-state index in [4.69, 9.17) is 4.74 Å². The number of nitrogens with zero attached hydrogens (tertiary/aromatic N) is 1. The predicted molar refractivity (Wildman–Crippen MR) is 79.5 cm³/mol. The van der Waals surface area contributed by atoms with Gasteiger partial charge in [-0.2, -0.15) is 13.9 Å². The van der Waals surface area contributed by atoms with Crippen molar-refractivity contribution in [1.82, 2.24) is 15.5 Å². The molecule has 4 nitrogen and oxygen atoms in total. The first-order valence-electron chi connectivity index (χ1n) is 6.48. The van der Waals surface area contributed by atoms with Gasteiger partial charge in [0, 0.05) is 30.7 Å². The Hall–Kier alpha value is -1.44. The van der Waals surface area contributed by atoms with Crippen LogP contribution >= 0.6 is 11.8 Å². The third-order valence-electron chi connectivity index (χ3n) is 2.88. The molecule has 2 aromatic rings. The van der Waals surface area contributed by atoms with Crippen LogP contribution in [0.15, 0.2) is 35.4 Å². The Morgan fingerprint density at radius 3 is 2.76 bits per heavy atom. The molecule has 114 valence electrons. The molecular formula is C14H17F2N3OS. The van der Waals surface area contributed by atoms with Crippen LogP contribution in [-0.2, 0) is 11.3 Å². The van der Waals surface area contributed by atoms with Crippen molar-refractivity contribution in [2.75, 3.05) is 20.3 Å². The number of alkyl halides is 2. The Morgan fingerprint density at radius 1 is 1.33 bits per heavy atom. The van der Waals surface area contributed by atoms with Gasteiger partial charge in [-0.3, -0.25) is 5.10 Å². The zero-order valence-corrected chi connectivity index (χ0v) is 12.4. The number of rotatable bonds is 8. The van der Waals surface area contributed by atoms with Crippen molar-refractivity contribution in [3.63, 3.8) is 0 Å². The van der Waals surface area contributed by atoms with Gasteiger partial charge in [-0.1, -0.05) is 23.9 Å². The summed E-state index contributed by atoms with van der Waals surface area (Å²) < 4.78 is 29.5. The van der Waals surface area contributed by atoms with Gasteiger partial charge in [0.25, 0.3) is 5.76 Å². The van der Waals surface area contributed by atoms with Crippen molar-refractivity contribution in [3.05, 3.63) is 36.0 Å². The summed E-state index contributed by atoms with van der Waals surface area (Å²) in [6, 6.07) is 7.01. The number of hydrogen-bond acceptors (Lipinski definition) is 4. The Bertz CT molecular complexity index is 545. The quantitative estimate of drug-likeness (QED) is 0.581. The van der Waals surface area contributed by atoms with Crippen LogP contribution in [0.1, 0.15) is 5.56 Å². The third kappa shape index (κ3) is 4.80. The zero-order valence-electron chi connectivity index (χ0n) is 11.6. The van der Waals surface area contributed by atoms with E-state index >= 15 is 0 Å². The molecule has 0 radical (unpaired) electrons. The number of nitrogens with one attached hydrogen (secondary N) is 2. The standard InChI is InChI=1S/C14H17F2N3OS/c1-20-7-6-17-8-11-9-18-19-13(11)10-2-4-12(5-3-10)21-14(15)16/h2-5,9,14,17H,6-8H2,1H3,(H,18,19). The van der Waals surface area contributed by atoms with E-state index in [2.05, 4.69) is 15.5 Å². The van der Waals surface area contributed by atoms with Gasteiger partial charge in [0.1, 0.15) is 0 Å². The minimum absolute atomic E-state index is 0.543. The van der Waals surface area contributed by atoms with Crippen LogP contribution < -0.4 is 5.32 Å². The van der Waals surface area contributed by atoms with E-state index in [0.717, 1.165) is 23.4 Å². The predicted octanol–water partition coefficient (Wildman–Crippen LogP) is 3.13. The molecule has 0 unspecified atom stereocenters. The summed E-state index contributed by atoms with van der Waals surface area (Å²) in [7, 11) is 1.66. The molecule has 1 heterocycles. The number of methoxy groups -OCH3 is 1. The largest absolute Gasteiger partial charge is 0.383 e. The highest BCUT2D eigenvalue weighted by atomic mass is 32.2. The van der Waals surface area contributed by atoms with Crippen molar-refractivity contribution < 1.29 is 13.5 Å². The molecule has 0 aliphatic carbocycles. The molecule has 1 aromatic carbocycles. The maximum atomic E-state index is 12.3. The number of benzene rings is 1. The van der Waals surface area contributed by atoms with E-state index in [1.165, 1.54) is 0 Å². The van der Waals surface area contributed by atoms with Gasteiger partial charge in [0.05, 0.1) is 18.5 Å². The van der Waals surface area contributed by atoms with Gasteiger partial charge < -0.3 is 10.1 Å². The van der Waals surface area contributed by atoms with Crippen LogP contribution in [0.3, 0.4) is 0 Å². The van der Waals surface area contributed by atoms with Crippen molar-refractivity contribution in [1.29, 1.82) is 0 Å². The van der Waals surface area contributed by atoms with Crippen LogP contribution in [0.25, 0.3) is 11.3 Å². The van der Waals surface area contributed by atoms with Gasteiger partial charge in [-0.15, -0.1) is 0 Å². The van der Waals surface area contributed by atoms with Crippen LogP contribution in [-0.4, -0.2) is 36.2 Å². The summed E-state index contributed by atoms with van der Waals surface area (Å²) in [6.07, 6.45) is 1.76. The Morgan fingerprint density at radius 2 is 2.10 bits per heavy atom. The second-order valence-electron chi connectivity index (χ2n) is 4.34. The van der Waals surface area contributed by atoms with E-state index in [9.17, 15) is 8.78 Å². The average molecular weight is 313 g/mol. The molecule has 7 heteroatoms. The summed E-state index contributed by atoms with van der Waals surface area (Å²) in [5.74, 6) is -2.40. The minimum Gasteiger partial charge on any atom is -0.383 e. The number of H-pyrrole nitrogens is 1. The molecule has 2 N–H and O–H groups in total. The van der Waals surface area contributed by atoms with Gasteiger partial charge in [0.2, 0.25) is 0 Å². The topological polar surface area (TPSA) is 49.9 Å². The lowest BCUT2D eigenvalue weighted by molar-refractivity contribution is 0.199. The van der Waals surface area contributed by atoms with Crippen LogP contribution in [0.5, 0.6) is 0 Å². The lowest BCUT2D eigenvalue weighted by Crippen LogP contribution is -2.18. The zero-order chi connectivity index (χ0) is 15.1. The average Bonchev–Trinajstić information content (AvgIpc) is 2.92. The summed E-state index contributed by atoms with van der Waals surface area (Å²) in [4.78, 5) is 0.549. The minimum atomic E-state index is -2.40. The fourth-order valence-corrected chi connectivity index (χ4v) is 2.39. The fourth-order valence-electron chi connectivity index (χ4n) is 1.90. The first kappa shape index (κ1) is 15.9. The normalized spacial score (nSPS) is 11.2. The molecule has 0 aliphatic heterocycles. The SMILES string of the molecule is COCCNCc1cn[nH]c1-c1ccc(SC(F)F)cc1. The maximum absolute atomic E-state index is 12.3. The number of aromatic amines is 1. The third-order valence-corrected chi connectivity index (χ3v) is 3.61. The summed E-state index contributed by atoms with van der Waals surface area (Å²) in [5.41, 5.74) is 2.85. The van der Waals surface area contributed by atoms with Crippen LogP contribution in [0, 0.1) is 0 Å². The van der Waals surface area contributed by atoms with Gasteiger partial charge in [-0.25, -0.2) is 0 Å². The molecule has 21 heavy (non-hydrogen) atoms. The summed E-state index contributed by atoms with van der Waals surface area (Å²) >= 11 is 0.543. The number of halogens is 2. The monoisotopic (exact) mass is 313 g/mol. The molecule has 0 amide bonds. The molecule has 1 aromatic heterocycles. The van der Waals surface area contributed by atoms with Crippen LogP contribution in [0.2, 0.25) is 0 Å². The van der Waals surface area contributed by atoms with Gasteiger partial charge in [0.15, 0.2) is 0 Å². The molecule has 2 rings (SSSR count). The first-order valence-corrected chi connectivity index (χ1v) is 7.36. The lowest BCUT2D eigenvalue weighted by Gasteiger charge is -2.06. The van der Waals surface area contributed by atoms with Crippen molar-refractivity contribution >= 4 is 11.8 Å². The van der Waals surface area contributed by atoms with E-state index in [1.807, 2.05) is 12.1 Å². The van der Waals surface area contributed by atoms with E-state index in [-0.39, 0.29) is 0 Å². The molecule has 0 saturated carbocycles. The molecule has 0 aliphatic rings. The smallest absolute Gasteiger partial charge is 0.288 e. The van der Waals surface area contributed by atoms with E-state index in [1.54, 1.807) is 25.4 Å². The van der Waals surface area contributed by atoms with Gasteiger partial charge in [-0.05, 0) is 17.7 Å². The Balaban J connectivity index is 2.02. The Kier molecular flexibility index (Phi) is 6.16. The molecular weight excluding hydrogens is 296 g/mol. The van der Waals surface area contributed by atoms with Gasteiger partial charge >= 0.3 is 0 Å². The number of thioether (sulfide) groups is 1. The summed E-state index contributed by atoms with van der Waals surface area (Å²) in [6.45, 7) is 2.07. The number of hydrogen-bond donors (Lipinski definition) is 2. The fraction of sp³-hybridized carbons (Fsp3) is 0.357. The molecule has 0 spiro atoms. The second kappa shape index (κ2) is 8.11. The van der Waals surface area contributed by atoms with Crippen molar-refractivity contribution in [2.24, 2.45) is 0 Å². The molecule has 0 bridgehead atoms. The molecule has 0 fully saturated rings. The van der Waals surface area contributed by atoms with E-state index < -0.39 is 5.76 Å². The second-order valence-corrected chi connectivity index (χ2v) is 5.41. The lowest BCUT2D eigenvalue weighted by atomic mass is 10.1. The maximum Gasteiger partial charge on any atom is 0.288 e. The van der Waals surface area contributed by atoms with Crippen molar-refractivity contribution in [2.45, 2.75) is 17.2 Å². The highest BCUT2D eigenvalue weighted by Gasteiger charge is 2.09. The number of aromatic nitrogens is 2. The van der Waals surface area contributed by atoms with E-state index in [0.29, 0.717) is 29.8 Å². The van der Waals surface area contributed by atoms with Crippen molar-refractivity contribution in [3.8, 4) is 11.3 Å². The highest BCUT2D eigenvalue weighted by molar-refractivity contribution is 7.99. The molecule has 0 atom stereocenters. The summed E-state index contributed by atoms with van der Waals surface area (Å²) in [5, 5.41) is 10.2. The van der Waals surface area contributed by atoms with Crippen LogP contribution in [0.4, 0.5) is 8.78 Å². The Labute approximate surface area is 126 Å². The molecule has 0 saturated heterocycles. The highest BCUT2D eigenvalue weighted by Crippen LogP contribution is 2.28. The first-order chi connectivity index (χ1) is 10.2. The number of ether oxygens (including phenoxy) is 1.